The maximum absolute atomic E-state index is 12.2. The van der Waals surface area contributed by atoms with Gasteiger partial charge in [-0.1, -0.05) is 42.1 Å². The van der Waals surface area contributed by atoms with Crippen LogP contribution in [0.25, 0.3) is 10.9 Å². The highest BCUT2D eigenvalue weighted by molar-refractivity contribution is 8.00. The summed E-state index contributed by atoms with van der Waals surface area (Å²) in [4.78, 5) is 32.7. The zero-order valence-electron chi connectivity index (χ0n) is 13.4. The van der Waals surface area contributed by atoms with Crippen LogP contribution in [0.3, 0.4) is 0 Å². The Kier molecular flexibility index (Phi) is 5.25. The molecule has 0 radical (unpaired) electrons. The molecule has 0 bridgehead atoms. The van der Waals surface area contributed by atoms with Gasteiger partial charge in [0.05, 0.1) is 23.9 Å². The molecule has 0 saturated carbocycles. The number of fused-ring (bicyclic) bond motifs is 1. The van der Waals surface area contributed by atoms with Crippen LogP contribution in [0.5, 0.6) is 5.75 Å². The van der Waals surface area contributed by atoms with Crippen molar-refractivity contribution in [2.45, 2.75) is 5.03 Å². The summed E-state index contributed by atoms with van der Waals surface area (Å²) >= 11 is 1.26. The van der Waals surface area contributed by atoms with Gasteiger partial charge in [-0.2, -0.15) is 0 Å². The molecule has 1 N–H and O–H groups in total. The number of hydrogen-bond acceptors (Lipinski definition) is 6. The van der Waals surface area contributed by atoms with E-state index in [0.717, 1.165) is 10.9 Å². The topological polar surface area (TPSA) is 81.2 Å². The number of aromatic nitrogens is 2. The van der Waals surface area contributed by atoms with Crippen molar-refractivity contribution >= 4 is 34.5 Å². The van der Waals surface area contributed by atoms with Gasteiger partial charge in [0.1, 0.15) is 17.1 Å². The van der Waals surface area contributed by atoms with Crippen LogP contribution in [-0.4, -0.2) is 34.6 Å². The van der Waals surface area contributed by atoms with E-state index < -0.39 is 11.8 Å². The van der Waals surface area contributed by atoms with Crippen molar-refractivity contribution in [1.82, 2.24) is 15.3 Å². The maximum Gasteiger partial charge on any atom is 0.261 e. The minimum Gasteiger partial charge on any atom is -0.496 e. The molecule has 1 heterocycles. The molecule has 0 aliphatic heterocycles. The summed E-state index contributed by atoms with van der Waals surface area (Å²) in [6.45, 7) is 0. The lowest BCUT2D eigenvalue weighted by atomic mass is 10.2. The van der Waals surface area contributed by atoms with Gasteiger partial charge in [-0.05, 0) is 18.2 Å². The van der Waals surface area contributed by atoms with Crippen LogP contribution in [0.4, 0.5) is 0 Å². The molecule has 0 atom stereocenters. The van der Waals surface area contributed by atoms with Crippen LogP contribution >= 0.6 is 11.8 Å². The molecule has 25 heavy (non-hydrogen) atoms. The average Bonchev–Trinajstić information content (AvgIpc) is 2.66. The first-order chi connectivity index (χ1) is 12.2. The smallest absolute Gasteiger partial charge is 0.261 e. The summed E-state index contributed by atoms with van der Waals surface area (Å²) < 4.78 is 5.13. The Balaban J connectivity index is 1.66. The van der Waals surface area contributed by atoms with Gasteiger partial charge in [-0.15, -0.1) is 0 Å². The fourth-order valence-electron chi connectivity index (χ4n) is 2.29. The van der Waals surface area contributed by atoms with Crippen LogP contribution in [0.15, 0.2) is 59.9 Å². The summed E-state index contributed by atoms with van der Waals surface area (Å²) in [5.41, 5.74) is 1.13. The zero-order valence-corrected chi connectivity index (χ0v) is 14.2. The van der Waals surface area contributed by atoms with Gasteiger partial charge in [0.2, 0.25) is 5.91 Å². The van der Waals surface area contributed by atoms with Crippen LogP contribution in [0.2, 0.25) is 0 Å². The van der Waals surface area contributed by atoms with E-state index in [1.807, 2.05) is 24.3 Å². The fraction of sp³-hybridized carbons (Fsp3) is 0.111. The SMILES string of the molecule is COc1ccccc1C(=O)NC(=O)CSc1ncnc2ccccc12. The summed E-state index contributed by atoms with van der Waals surface area (Å²) in [5, 5.41) is 3.94. The highest BCUT2D eigenvalue weighted by Gasteiger charge is 2.15. The van der Waals surface area contributed by atoms with Gasteiger partial charge >= 0.3 is 0 Å². The number of hydrogen-bond donors (Lipinski definition) is 1. The second-order valence-corrected chi connectivity index (χ2v) is 6.03. The van der Waals surface area contributed by atoms with E-state index in [0.29, 0.717) is 16.3 Å². The highest BCUT2D eigenvalue weighted by Crippen LogP contribution is 2.24. The lowest BCUT2D eigenvalue weighted by Gasteiger charge is -2.08. The number of benzene rings is 2. The average molecular weight is 353 g/mol. The van der Waals surface area contributed by atoms with Gasteiger partial charge in [0, 0.05) is 5.39 Å². The summed E-state index contributed by atoms with van der Waals surface area (Å²) in [6.07, 6.45) is 1.46. The number of carbonyl (C=O) groups excluding carboxylic acids is 2. The van der Waals surface area contributed by atoms with Gasteiger partial charge in [-0.3, -0.25) is 14.9 Å². The van der Waals surface area contributed by atoms with Crippen molar-refractivity contribution in [2.75, 3.05) is 12.9 Å². The molecule has 6 nitrogen and oxygen atoms in total. The first-order valence-corrected chi connectivity index (χ1v) is 8.47. The third-order valence-electron chi connectivity index (χ3n) is 3.45. The molecule has 7 heteroatoms. The standard InChI is InChI=1S/C18H15N3O3S/c1-24-15-9-5-3-7-13(15)17(23)21-16(22)10-25-18-12-6-2-4-8-14(12)19-11-20-18/h2-9,11H,10H2,1H3,(H,21,22,23). The van der Waals surface area contributed by atoms with E-state index in [4.69, 9.17) is 4.74 Å². The molecule has 1 aromatic heterocycles. The lowest BCUT2D eigenvalue weighted by Crippen LogP contribution is -2.32. The van der Waals surface area contributed by atoms with Crippen molar-refractivity contribution in [2.24, 2.45) is 0 Å². The van der Waals surface area contributed by atoms with E-state index in [9.17, 15) is 9.59 Å². The molecule has 126 valence electrons. The largest absolute Gasteiger partial charge is 0.496 e. The molecule has 3 aromatic rings. The van der Waals surface area contributed by atoms with Crippen molar-refractivity contribution in [3.63, 3.8) is 0 Å². The first kappa shape index (κ1) is 16.9. The van der Waals surface area contributed by atoms with Gasteiger partial charge in [0.25, 0.3) is 5.91 Å². The Morgan fingerprint density at radius 2 is 1.84 bits per heavy atom. The number of methoxy groups -OCH3 is 1. The van der Waals surface area contributed by atoms with Crippen LogP contribution in [0.1, 0.15) is 10.4 Å². The molecule has 2 amide bonds. The summed E-state index contributed by atoms with van der Waals surface area (Å²) in [6, 6.07) is 14.3. The quantitative estimate of drug-likeness (QED) is 0.561. The molecule has 0 spiro atoms. The first-order valence-electron chi connectivity index (χ1n) is 7.49. The Hall–Kier alpha value is -2.93. The normalized spacial score (nSPS) is 10.4. The van der Waals surface area contributed by atoms with Gasteiger partial charge in [-0.25, -0.2) is 9.97 Å². The van der Waals surface area contributed by atoms with Crippen molar-refractivity contribution < 1.29 is 14.3 Å². The van der Waals surface area contributed by atoms with Crippen molar-refractivity contribution in [3.05, 3.63) is 60.4 Å². The van der Waals surface area contributed by atoms with E-state index >= 15 is 0 Å². The number of ether oxygens (including phenoxy) is 1. The number of amides is 2. The van der Waals surface area contributed by atoms with E-state index in [1.165, 1.54) is 25.2 Å². The number of nitrogens with zero attached hydrogens (tertiary/aromatic N) is 2. The Morgan fingerprint density at radius 3 is 2.68 bits per heavy atom. The predicted octanol–water partition coefficient (Wildman–Crippen LogP) is 2.69. The van der Waals surface area contributed by atoms with Crippen molar-refractivity contribution in [3.8, 4) is 5.75 Å². The number of nitrogens with one attached hydrogen (secondary N) is 1. The molecule has 0 aliphatic carbocycles. The highest BCUT2D eigenvalue weighted by atomic mass is 32.2. The van der Waals surface area contributed by atoms with E-state index in [-0.39, 0.29) is 5.75 Å². The third-order valence-corrected chi connectivity index (χ3v) is 4.46. The maximum atomic E-state index is 12.2. The molecular formula is C18H15N3O3S. The number of para-hydroxylation sites is 2. The Bertz CT molecular complexity index is 925. The number of imide groups is 1. The monoisotopic (exact) mass is 353 g/mol. The van der Waals surface area contributed by atoms with E-state index in [1.54, 1.807) is 24.3 Å². The Morgan fingerprint density at radius 1 is 1.08 bits per heavy atom. The van der Waals surface area contributed by atoms with Crippen LogP contribution in [0, 0.1) is 0 Å². The third kappa shape index (κ3) is 3.95. The van der Waals surface area contributed by atoms with Crippen LogP contribution in [-0.2, 0) is 4.79 Å². The molecule has 2 aromatic carbocycles. The van der Waals surface area contributed by atoms with Gasteiger partial charge < -0.3 is 4.74 Å². The fourth-order valence-corrected chi connectivity index (χ4v) is 3.08. The van der Waals surface area contributed by atoms with E-state index in [2.05, 4.69) is 15.3 Å². The Labute approximate surface area is 148 Å². The summed E-state index contributed by atoms with van der Waals surface area (Å²) in [7, 11) is 1.48. The number of carbonyl (C=O) groups is 2. The summed E-state index contributed by atoms with van der Waals surface area (Å²) in [5.74, 6) is -0.400. The molecule has 0 aliphatic rings. The molecule has 3 rings (SSSR count). The minimum atomic E-state index is -0.490. The molecular weight excluding hydrogens is 338 g/mol. The minimum absolute atomic E-state index is 0.0713. The van der Waals surface area contributed by atoms with Crippen molar-refractivity contribution in [1.29, 1.82) is 0 Å². The van der Waals surface area contributed by atoms with Gasteiger partial charge in [0.15, 0.2) is 0 Å². The number of rotatable bonds is 5. The lowest BCUT2D eigenvalue weighted by molar-refractivity contribution is -0.117. The molecule has 0 unspecified atom stereocenters. The van der Waals surface area contributed by atoms with Crippen LogP contribution < -0.4 is 10.1 Å². The number of thioether (sulfide) groups is 1. The second kappa shape index (κ2) is 7.76. The second-order valence-electron chi connectivity index (χ2n) is 5.06. The molecule has 0 fully saturated rings. The predicted molar refractivity (Wildman–Crippen MR) is 95.7 cm³/mol. The zero-order chi connectivity index (χ0) is 17.6. The molecule has 0 saturated heterocycles.